The van der Waals surface area contributed by atoms with E-state index in [0.29, 0.717) is 19.5 Å². The minimum Gasteiger partial charge on any atom is -0.481 e. The van der Waals surface area contributed by atoms with Gasteiger partial charge in [-0.2, -0.15) is 0 Å². The Morgan fingerprint density at radius 3 is 2.39 bits per heavy atom. The Kier molecular flexibility index (Phi) is 7.80. The van der Waals surface area contributed by atoms with E-state index in [0.717, 1.165) is 5.56 Å². The minimum absolute atomic E-state index is 0.0228. The lowest BCUT2D eigenvalue weighted by Crippen LogP contribution is -2.37. The zero-order valence-electron chi connectivity index (χ0n) is 13.6. The monoisotopic (exact) mass is 320 g/mol. The molecule has 0 aromatic heterocycles. The molecule has 1 unspecified atom stereocenters. The van der Waals surface area contributed by atoms with Gasteiger partial charge in [0.25, 0.3) is 0 Å². The molecule has 2 amide bonds. The van der Waals surface area contributed by atoms with E-state index in [4.69, 9.17) is 5.11 Å². The normalized spacial score (nSPS) is 11.6. The molecule has 0 fully saturated rings. The predicted molar refractivity (Wildman–Crippen MR) is 86.6 cm³/mol. The van der Waals surface area contributed by atoms with Crippen molar-refractivity contribution in [2.45, 2.75) is 45.7 Å². The number of rotatable bonds is 9. The van der Waals surface area contributed by atoms with Gasteiger partial charge >= 0.3 is 5.97 Å². The first-order chi connectivity index (χ1) is 10.9. The van der Waals surface area contributed by atoms with Crippen LogP contribution in [0.2, 0.25) is 0 Å². The standard InChI is InChI=1S/C17H24N2O4/c1-13(8-9-17(22)23)18-16(21)10-11-19(14(2)20)12-15-6-4-3-5-7-15/h3-7,13H,8-12H2,1-2H3,(H,18,21)(H,22,23). The van der Waals surface area contributed by atoms with Gasteiger partial charge in [0.15, 0.2) is 0 Å². The van der Waals surface area contributed by atoms with Crippen molar-refractivity contribution in [3.8, 4) is 0 Å². The number of carboxylic acid groups (broad SMARTS) is 1. The molecular weight excluding hydrogens is 296 g/mol. The molecule has 0 heterocycles. The summed E-state index contributed by atoms with van der Waals surface area (Å²) >= 11 is 0. The highest BCUT2D eigenvalue weighted by molar-refractivity contribution is 5.78. The van der Waals surface area contributed by atoms with Crippen LogP contribution in [0.15, 0.2) is 30.3 Å². The first-order valence-electron chi connectivity index (χ1n) is 7.69. The van der Waals surface area contributed by atoms with Gasteiger partial charge in [0.2, 0.25) is 11.8 Å². The molecule has 0 saturated carbocycles. The highest BCUT2D eigenvalue weighted by atomic mass is 16.4. The van der Waals surface area contributed by atoms with Gasteiger partial charge in [-0.05, 0) is 18.9 Å². The molecule has 0 bridgehead atoms. The summed E-state index contributed by atoms with van der Waals surface area (Å²) in [4.78, 5) is 35.7. The SMILES string of the molecule is CC(=O)N(CCC(=O)NC(C)CCC(=O)O)Cc1ccccc1. The zero-order valence-corrected chi connectivity index (χ0v) is 13.6. The second kappa shape index (κ2) is 9.61. The van der Waals surface area contributed by atoms with Gasteiger partial charge in [-0.1, -0.05) is 30.3 Å². The molecule has 126 valence electrons. The van der Waals surface area contributed by atoms with E-state index in [2.05, 4.69) is 5.32 Å². The smallest absolute Gasteiger partial charge is 0.303 e. The van der Waals surface area contributed by atoms with Gasteiger partial charge in [-0.15, -0.1) is 0 Å². The fourth-order valence-corrected chi connectivity index (χ4v) is 2.15. The molecule has 23 heavy (non-hydrogen) atoms. The van der Waals surface area contributed by atoms with Crippen molar-refractivity contribution in [1.82, 2.24) is 10.2 Å². The number of aliphatic carboxylic acids is 1. The summed E-state index contributed by atoms with van der Waals surface area (Å²) < 4.78 is 0. The van der Waals surface area contributed by atoms with Gasteiger partial charge < -0.3 is 15.3 Å². The second-order valence-corrected chi connectivity index (χ2v) is 5.58. The maximum Gasteiger partial charge on any atom is 0.303 e. The summed E-state index contributed by atoms with van der Waals surface area (Å²) in [5, 5.41) is 11.4. The van der Waals surface area contributed by atoms with Crippen LogP contribution >= 0.6 is 0 Å². The second-order valence-electron chi connectivity index (χ2n) is 5.58. The van der Waals surface area contributed by atoms with E-state index >= 15 is 0 Å². The van der Waals surface area contributed by atoms with E-state index in [-0.39, 0.29) is 30.7 Å². The van der Waals surface area contributed by atoms with Gasteiger partial charge in [0.1, 0.15) is 0 Å². The third-order valence-electron chi connectivity index (χ3n) is 3.47. The molecule has 0 aliphatic heterocycles. The van der Waals surface area contributed by atoms with Crippen LogP contribution in [0.4, 0.5) is 0 Å². The predicted octanol–water partition coefficient (Wildman–Crippen LogP) is 1.79. The number of carbonyl (C=O) groups is 3. The number of carboxylic acids is 1. The topological polar surface area (TPSA) is 86.7 Å². The Bertz CT molecular complexity index is 531. The summed E-state index contributed by atoms with van der Waals surface area (Å²) in [6.45, 7) is 4.06. The fourth-order valence-electron chi connectivity index (χ4n) is 2.15. The number of amides is 2. The Hall–Kier alpha value is -2.37. The van der Waals surface area contributed by atoms with Crippen LogP contribution in [-0.4, -0.2) is 40.4 Å². The van der Waals surface area contributed by atoms with Crippen LogP contribution in [0.1, 0.15) is 38.7 Å². The van der Waals surface area contributed by atoms with Crippen LogP contribution in [0, 0.1) is 0 Å². The Morgan fingerprint density at radius 1 is 1.17 bits per heavy atom. The third kappa shape index (κ3) is 7.99. The molecule has 0 saturated heterocycles. The fraction of sp³-hybridized carbons (Fsp3) is 0.471. The lowest BCUT2D eigenvalue weighted by molar-refractivity contribution is -0.137. The van der Waals surface area contributed by atoms with E-state index in [9.17, 15) is 14.4 Å². The van der Waals surface area contributed by atoms with E-state index in [1.165, 1.54) is 6.92 Å². The van der Waals surface area contributed by atoms with Gasteiger partial charge in [-0.25, -0.2) is 0 Å². The quantitative estimate of drug-likeness (QED) is 0.726. The largest absolute Gasteiger partial charge is 0.481 e. The van der Waals surface area contributed by atoms with Crippen molar-refractivity contribution in [1.29, 1.82) is 0 Å². The zero-order chi connectivity index (χ0) is 17.2. The number of hydrogen-bond acceptors (Lipinski definition) is 3. The molecule has 0 spiro atoms. The summed E-state index contributed by atoms with van der Waals surface area (Å²) in [7, 11) is 0. The maximum absolute atomic E-state index is 11.9. The number of nitrogens with one attached hydrogen (secondary N) is 1. The minimum atomic E-state index is -0.878. The van der Waals surface area contributed by atoms with Crippen molar-refractivity contribution in [2.24, 2.45) is 0 Å². The molecule has 2 N–H and O–H groups in total. The Labute approximate surface area is 136 Å². The summed E-state index contributed by atoms with van der Waals surface area (Å²) in [6.07, 6.45) is 0.611. The molecule has 1 aromatic rings. The molecule has 0 radical (unpaired) electrons. The number of benzene rings is 1. The molecule has 1 rings (SSSR count). The van der Waals surface area contributed by atoms with Crippen molar-refractivity contribution in [3.63, 3.8) is 0 Å². The van der Waals surface area contributed by atoms with Crippen LogP contribution in [0.3, 0.4) is 0 Å². The molecule has 1 aromatic carbocycles. The van der Waals surface area contributed by atoms with Crippen LogP contribution < -0.4 is 5.32 Å². The molecule has 0 aliphatic rings. The first kappa shape index (κ1) is 18.7. The highest BCUT2D eigenvalue weighted by Gasteiger charge is 2.13. The van der Waals surface area contributed by atoms with Gasteiger partial charge in [0.05, 0.1) is 0 Å². The van der Waals surface area contributed by atoms with Crippen LogP contribution in [0.5, 0.6) is 0 Å². The van der Waals surface area contributed by atoms with Crippen LogP contribution in [0.25, 0.3) is 0 Å². The third-order valence-corrected chi connectivity index (χ3v) is 3.47. The molecule has 6 nitrogen and oxygen atoms in total. The van der Waals surface area contributed by atoms with E-state index in [1.54, 1.807) is 11.8 Å². The first-order valence-corrected chi connectivity index (χ1v) is 7.69. The summed E-state index contributed by atoms with van der Waals surface area (Å²) in [5.74, 6) is -1.14. The maximum atomic E-state index is 11.9. The summed E-state index contributed by atoms with van der Waals surface area (Å²) in [5.41, 5.74) is 1.01. The highest BCUT2D eigenvalue weighted by Crippen LogP contribution is 2.06. The van der Waals surface area contributed by atoms with Crippen molar-refractivity contribution in [3.05, 3.63) is 35.9 Å². The van der Waals surface area contributed by atoms with Crippen molar-refractivity contribution in [2.75, 3.05) is 6.54 Å². The number of nitrogens with zero attached hydrogens (tertiary/aromatic N) is 1. The number of hydrogen-bond donors (Lipinski definition) is 2. The Balaban J connectivity index is 2.41. The molecular formula is C17H24N2O4. The van der Waals surface area contributed by atoms with Crippen LogP contribution in [-0.2, 0) is 20.9 Å². The van der Waals surface area contributed by atoms with Gasteiger partial charge in [-0.3, -0.25) is 14.4 Å². The molecule has 6 heteroatoms. The lowest BCUT2D eigenvalue weighted by atomic mass is 10.1. The van der Waals surface area contributed by atoms with Crippen molar-refractivity contribution >= 4 is 17.8 Å². The Morgan fingerprint density at radius 2 is 1.83 bits per heavy atom. The number of carbonyl (C=O) groups excluding carboxylic acids is 2. The summed E-state index contributed by atoms with van der Waals surface area (Å²) in [6, 6.07) is 9.40. The van der Waals surface area contributed by atoms with Gasteiger partial charge in [0, 0.05) is 38.9 Å². The molecule has 1 atom stereocenters. The average molecular weight is 320 g/mol. The van der Waals surface area contributed by atoms with E-state index in [1.807, 2.05) is 30.3 Å². The lowest BCUT2D eigenvalue weighted by Gasteiger charge is -2.21. The van der Waals surface area contributed by atoms with Crippen molar-refractivity contribution < 1.29 is 19.5 Å². The molecule has 0 aliphatic carbocycles. The average Bonchev–Trinajstić information content (AvgIpc) is 2.50. The van der Waals surface area contributed by atoms with E-state index < -0.39 is 5.97 Å².